The summed E-state index contributed by atoms with van der Waals surface area (Å²) in [5, 5.41) is 12.4. The Morgan fingerprint density at radius 2 is 2.15 bits per heavy atom. The summed E-state index contributed by atoms with van der Waals surface area (Å²) in [6.07, 6.45) is 4.14. The van der Waals surface area contributed by atoms with Gasteiger partial charge in [-0.15, -0.1) is 10.2 Å². The van der Waals surface area contributed by atoms with Crippen molar-refractivity contribution >= 4 is 28.2 Å². The first-order valence-corrected chi connectivity index (χ1v) is 10.1. The van der Waals surface area contributed by atoms with Gasteiger partial charge in [-0.25, -0.2) is 9.37 Å². The fraction of sp³-hybridized carbons (Fsp3) is 0.353. The lowest BCUT2D eigenvalue weighted by Crippen LogP contribution is -2.18. The second kappa shape index (κ2) is 8.15. The first kappa shape index (κ1) is 17.4. The van der Waals surface area contributed by atoms with Gasteiger partial charge in [-0.1, -0.05) is 23.1 Å². The minimum absolute atomic E-state index is 0.271. The predicted octanol–water partition coefficient (Wildman–Crippen LogP) is 4.22. The third-order valence-electron chi connectivity index (χ3n) is 3.91. The van der Waals surface area contributed by atoms with Crippen molar-refractivity contribution in [2.24, 2.45) is 0 Å². The van der Waals surface area contributed by atoms with Crippen LogP contribution in [0.1, 0.15) is 18.7 Å². The van der Waals surface area contributed by atoms with Gasteiger partial charge in [-0.05, 0) is 37.1 Å². The van der Waals surface area contributed by atoms with Crippen molar-refractivity contribution in [2.45, 2.75) is 29.0 Å². The van der Waals surface area contributed by atoms with E-state index in [0.717, 1.165) is 41.0 Å². The Morgan fingerprint density at radius 3 is 2.96 bits per heavy atom. The first-order chi connectivity index (χ1) is 12.8. The van der Waals surface area contributed by atoms with Crippen molar-refractivity contribution in [1.82, 2.24) is 15.2 Å². The first-order valence-electron chi connectivity index (χ1n) is 8.29. The maximum atomic E-state index is 13.0. The van der Waals surface area contributed by atoms with E-state index in [1.807, 2.05) is 0 Å². The summed E-state index contributed by atoms with van der Waals surface area (Å²) < 4.78 is 25.1. The molecule has 0 radical (unpaired) electrons. The molecule has 3 heterocycles. The number of nitrogens with one attached hydrogen (secondary N) is 1. The molecule has 1 atom stereocenters. The van der Waals surface area contributed by atoms with Gasteiger partial charge >= 0.3 is 0 Å². The largest absolute Gasteiger partial charge is 0.440 e. The molecule has 1 N–H and O–H groups in total. The van der Waals surface area contributed by atoms with Gasteiger partial charge in [0, 0.05) is 18.7 Å². The van der Waals surface area contributed by atoms with Crippen LogP contribution in [-0.2, 0) is 10.5 Å². The molecule has 1 saturated heterocycles. The van der Waals surface area contributed by atoms with Crippen LogP contribution in [-0.4, -0.2) is 34.4 Å². The number of thioether (sulfide) groups is 1. The molecule has 0 saturated carbocycles. The number of aromatic nitrogens is 3. The maximum Gasteiger partial charge on any atom is 0.206 e. The smallest absolute Gasteiger partial charge is 0.206 e. The minimum atomic E-state index is -0.274. The Hall–Kier alpha value is -1.97. The molecule has 0 amide bonds. The number of nitrogens with zero attached hydrogens (tertiary/aromatic N) is 3. The Bertz CT molecular complexity index is 847. The molecule has 26 heavy (non-hydrogen) atoms. The van der Waals surface area contributed by atoms with E-state index in [1.54, 1.807) is 18.3 Å². The van der Waals surface area contributed by atoms with Gasteiger partial charge in [0.25, 0.3) is 0 Å². The molecule has 1 fully saturated rings. The monoisotopic (exact) mass is 392 g/mol. The van der Waals surface area contributed by atoms with E-state index in [1.165, 1.54) is 35.2 Å². The van der Waals surface area contributed by atoms with E-state index in [9.17, 15) is 4.39 Å². The number of rotatable bonds is 7. The molecule has 1 aromatic carbocycles. The highest BCUT2D eigenvalue weighted by Crippen LogP contribution is 2.29. The molecular formula is C17H17FN4O2S2. The van der Waals surface area contributed by atoms with Gasteiger partial charge in [0.05, 0.1) is 18.1 Å². The number of benzene rings is 1. The van der Waals surface area contributed by atoms with Crippen LogP contribution in [0.4, 0.5) is 9.52 Å². The SMILES string of the molecule is Fc1ccc(-c2cnc(CSc3nnc(NCC4CCCO4)s3)o2)cc1. The van der Waals surface area contributed by atoms with E-state index in [4.69, 9.17) is 9.15 Å². The molecule has 0 aliphatic carbocycles. The molecule has 2 aromatic heterocycles. The van der Waals surface area contributed by atoms with Crippen LogP contribution in [0.15, 0.2) is 39.2 Å². The van der Waals surface area contributed by atoms with Crippen molar-refractivity contribution in [3.05, 3.63) is 42.2 Å². The van der Waals surface area contributed by atoms with Crippen LogP contribution in [0.25, 0.3) is 11.3 Å². The summed E-state index contributed by atoms with van der Waals surface area (Å²) in [4.78, 5) is 4.27. The molecule has 0 bridgehead atoms. The number of hydrogen-bond donors (Lipinski definition) is 1. The quantitative estimate of drug-likeness (QED) is 0.604. The van der Waals surface area contributed by atoms with Gasteiger partial charge in [-0.3, -0.25) is 0 Å². The van der Waals surface area contributed by atoms with Gasteiger partial charge < -0.3 is 14.5 Å². The Kier molecular flexibility index (Phi) is 5.47. The van der Waals surface area contributed by atoms with Crippen LogP contribution in [0.5, 0.6) is 0 Å². The minimum Gasteiger partial charge on any atom is -0.440 e. The normalized spacial score (nSPS) is 16.9. The van der Waals surface area contributed by atoms with E-state index < -0.39 is 0 Å². The summed E-state index contributed by atoms with van der Waals surface area (Å²) in [5.74, 6) is 1.50. The zero-order valence-electron chi connectivity index (χ0n) is 13.9. The fourth-order valence-electron chi connectivity index (χ4n) is 2.59. The zero-order chi connectivity index (χ0) is 17.8. The predicted molar refractivity (Wildman–Crippen MR) is 98.8 cm³/mol. The number of anilines is 1. The van der Waals surface area contributed by atoms with E-state index in [2.05, 4.69) is 20.5 Å². The number of ether oxygens (including phenoxy) is 1. The average Bonchev–Trinajstić information content (AvgIpc) is 3.40. The van der Waals surface area contributed by atoms with Gasteiger partial charge in [0.15, 0.2) is 10.1 Å². The van der Waals surface area contributed by atoms with Crippen molar-refractivity contribution in [2.75, 3.05) is 18.5 Å². The summed E-state index contributed by atoms with van der Waals surface area (Å²) >= 11 is 3.02. The second-order valence-corrected chi connectivity index (χ2v) is 8.00. The summed E-state index contributed by atoms with van der Waals surface area (Å²) in [7, 11) is 0. The second-order valence-electron chi connectivity index (χ2n) is 5.80. The number of hydrogen-bond acceptors (Lipinski definition) is 8. The third-order valence-corrected chi connectivity index (χ3v) is 5.91. The van der Waals surface area contributed by atoms with Crippen molar-refractivity contribution in [3.63, 3.8) is 0 Å². The Balaban J connectivity index is 1.29. The average molecular weight is 392 g/mol. The van der Waals surface area contributed by atoms with Gasteiger partial charge in [0.2, 0.25) is 11.0 Å². The highest BCUT2D eigenvalue weighted by Gasteiger charge is 2.16. The summed E-state index contributed by atoms with van der Waals surface area (Å²) in [6, 6.07) is 6.14. The fourth-order valence-corrected chi connectivity index (χ4v) is 4.21. The van der Waals surface area contributed by atoms with Crippen molar-refractivity contribution in [3.8, 4) is 11.3 Å². The maximum absolute atomic E-state index is 13.0. The lowest BCUT2D eigenvalue weighted by atomic mass is 10.2. The molecule has 9 heteroatoms. The molecule has 1 aliphatic rings. The topological polar surface area (TPSA) is 73.1 Å². The molecular weight excluding hydrogens is 375 g/mol. The molecule has 1 aliphatic heterocycles. The molecule has 4 rings (SSSR count). The van der Waals surface area contributed by atoms with Crippen LogP contribution in [0.3, 0.4) is 0 Å². The van der Waals surface area contributed by atoms with E-state index in [-0.39, 0.29) is 11.9 Å². The third kappa shape index (κ3) is 4.40. The Morgan fingerprint density at radius 1 is 1.27 bits per heavy atom. The van der Waals surface area contributed by atoms with Gasteiger partial charge in [0.1, 0.15) is 5.82 Å². The highest BCUT2D eigenvalue weighted by molar-refractivity contribution is 8.00. The van der Waals surface area contributed by atoms with Crippen LogP contribution in [0, 0.1) is 5.82 Å². The lowest BCUT2D eigenvalue weighted by molar-refractivity contribution is 0.120. The molecule has 6 nitrogen and oxygen atoms in total. The molecule has 136 valence electrons. The van der Waals surface area contributed by atoms with Crippen LogP contribution in [0.2, 0.25) is 0 Å². The van der Waals surface area contributed by atoms with E-state index >= 15 is 0 Å². The highest BCUT2D eigenvalue weighted by atomic mass is 32.2. The Labute approximate surface area is 158 Å². The number of oxazole rings is 1. The van der Waals surface area contributed by atoms with Crippen LogP contribution >= 0.6 is 23.1 Å². The van der Waals surface area contributed by atoms with Crippen molar-refractivity contribution in [1.29, 1.82) is 0 Å². The van der Waals surface area contributed by atoms with Crippen molar-refractivity contribution < 1.29 is 13.5 Å². The van der Waals surface area contributed by atoms with Crippen LogP contribution < -0.4 is 5.32 Å². The van der Waals surface area contributed by atoms with E-state index in [0.29, 0.717) is 17.4 Å². The lowest BCUT2D eigenvalue weighted by Gasteiger charge is -2.08. The summed E-state index contributed by atoms with van der Waals surface area (Å²) in [6.45, 7) is 1.61. The molecule has 3 aromatic rings. The molecule has 1 unspecified atom stereocenters. The number of halogens is 1. The standard InChI is InChI=1S/C17H17FN4O2S2/c18-12-5-3-11(4-6-12)14-9-19-15(24-14)10-25-17-22-21-16(26-17)20-8-13-2-1-7-23-13/h3-6,9,13H,1-2,7-8,10H2,(H,20,21). The van der Waals surface area contributed by atoms with Gasteiger partial charge in [-0.2, -0.15) is 0 Å². The zero-order valence-corrected chi connectivity index (χ0v) is 15.5. The molecule has 0 spiro atoms. The summed E-state index contributed by atoms with van der Waals surface area (Å²) in [5.41, 5.74) is 0.798.